The molecular formula is C47H41N3. The lowest BCUT2D eigenvalue weighted by molar-refractivity contribution is -0.0399. The molecule has 2 aromatic heterocycles. The average Bonchev–Trinajstić information content (AvgIpc) is 3.57. The predicted octanol–water partition coefficient (Wildman–Crippen LogP) is 11.6. The smallest absolute Gasteiger partial charge is 0.0719 e. The van der Waals surface area contributed by atoms with Gasteiger partial charge in [0.1, 0.15) is 0 Å². The summed E-state index contributed by atoms with van der Waals surface area (Å²) in [6.45, 7) is 4.75. The van der Waals surface area contributed by atoms with E-state index < -0.39 is 0 Å². The minimum absolute atomic E-state index is 0.0833. The van der Waals surface area contributed by atoms with E-state index in [1.54, 1.807) is 11.1 Å². The SMILES string of the molecule is CC1(C)c2ccccc2-c2c(N(c3ccc(-c4cccnc4)nc3)c3ccc4c(c3)C3(c5ccccc5-4)C4CC5CC(C4)CC3C5)cccc21. The number of pyridine rings is 2. The first-order valence-electron chi connectivity index (χ1n) is 18.7. The van der Waals surface area contributed by atoms with Crippen molar-refractivity contribution < 1.29 is 0 Å². The maximum atomic E-state index is 5.05. The summed E-state index contributed by atoms with van der Waals surface area (Å²) in [7, 11) is 0. The molecule has 6 aromatic rings. The number of nitrogens with zero attached hydrogens (tertiary/aromatic N) is 3. The molecule has 6 aliphatic carbocycles. The Morgan fingerprint density at radius 3 is 2.02 bits per heavy atom. The fourth-order valence-electron chi connectivity index (χ4n) is 11.8. The van der Waals surface area contributed by atoms with Gasteiger partial charge in [-0.05, 0) is 137 Å². The van der Waals surface area contributed by atoms with Gasteiger partial charge in [-0.2, -0.15) is 0 Å². The number of benzene rings is 4. The van der Waals surface area contributed by atoms with Crippen LogP contribution in [0, 0.1) is 23.7 Å². The molecule has 0 unspecified atom stereocenters. The lowest BCUT2D eigenvalue weighted by atomic mass is 9.43. The standard InChI is InChI=1S/C47H41N3/c1-46(2)39-12-5-4-11-38(39)45-41(46)14-7-15-44(45)50(35-17-19-43(49-28-35)31-9-8-20-48-27-31)34-16-18-37-36-10-3-6-13-40(36)47(42(37)26-34)32-22-29-21-30(24-32)25-33(47)23-29/h3-20,26-30,32-33H,21-25H2,1-2H3. The molecule has 4 fully saturated rings. The molecule has 0 atom stereocenters. The van der Waals surface area contributed by atoms with Crippen molar-refractivity contribution >= 4 is 17.1 Å². The Bertz CT molecular complexity index is 2290. The van der Waals surface area contributed by atoms with Crippen molar-refractivity contribution in [3.63, 3.8) is 0 Å². The van der Waals surface area contributed by atoms with Gasteiger partial charge in [-0.1, -0.05) is 80.6 Å². The van der Waals surface area contributed by atoms with Crippen LogP contribution in [-0.2, 0) is 10.8 Å². The molecule has 2 heterocycles. The van der Waals surface area contributed by atoms with Crippen LogP contribution in [-0.4, -0.2) is 9.97 Å². The number of aromatic nitrogens is 2. The first-order valence-corrected chi connectivity index (χ1v) is 18.7. The lowest BCUT2D eigenvalue weighted by Crippen LogP contribution is -2.55. The van der Waals surface area contributed by atoms with Crippen molar-refractivity contribution in [2.75, 3.05) is 4.90 Å². The van der Waals surface area contributed by atoms with Crippen molar-refractivity contribution in [3.8, 4) is 33.5 Å². The van der Waals surface area contributed by atoms with Crippen LogP contribution in [0.3, 0.4) is 0 Å². The highest BCUT2D eigenvalue weighted by molar-refractivity contribution is 5.96. The Morgan fingerprint density at radius 2 is 1.28 bits per heavy atom. The van der Waals surface area contributed by atoms with Crippen LogP contribution in [0.1, 0.15) is 68.2 Å². The molecule has 12 rings (SSSR count). The molecule has 50 heavy (non-hydrogen) atoms. The summed E-state index contributed by atoms with van der Waals surface area (Å²) in [5, 5.41) is 0. The van der Waals surface area contributed by atoms with Gasteiger partial charge in [-0.3, -0.25) is 9.97 Å². The molecule has 3 heteroatoms. The van der Waals surface area contributed by atoms with Crippen LogP contribution >= 0.6 is 0 Å². The molecule has 0 amide bonds. The van der Waals surface area contributed by atoms with E-state index in [4.69, 9.17) is 4.98 Å². The Labute approximate surface area is 295 Å². The van der Waals surface area contributed by atoms with E-state index in [0.717, 1.165) is 40.6 Å². The second-order valence-electron chi connectivity index (χ2n) is 16.3. The van der Waals surface area contributed by atoms with E-state index in [2.05, 4.69) is 133 Å². The van der Waals surface area contributed by atoms with Gasteiger partial charge in [-0.25, -0.2) is 0 Å². The molecule has 244 valence electrons. The van der Waals surface area contributed by atoms with Gasteiger partial charge in [0.2, 0.25) is 0 Å². The van der Waals surface area contributed by atoms with Crippen molar-refractivity contribution in [2.45, 2.75) is 56.8 Å². The molecule has 4 bridgehead atoms. The van der Waals surface area contributed by atoms with E-state index in [9.17, 15) is 0 Å². The fraction of sp³-hybridized carbons (Fsp3) is 0.277. The summed E-state index contributed by atoms with van der Waals surface area (Å²) in [6.07, 6.45) is 12.8. The summed E-state index contributed by atoms with van der Waals surface area (Å²) < 4.78 is 0. The normalized spacial score (nSPS) is 25.6. The van der Waals surface area contributed by atoms with Gasteiger partial charge in [0.15, 0.2) is 0 Å². The first kappa shape index (κ1) is 28.8. The number of anilines is 3. The minimum Gasteiger partial charge on any atom is -0.308 e. The molecule has 0 N–H and O–H groups in total. The Balaban J connectivity index is 1.14. The van der Waals surface area contributed by atoms with Crippen molar-refractivity contribution in [1.82, 2.24) is 9.97 Å². The summed E-state index contributed by atoms with van der Waals surface area (Å²) in [6, 6.07) is 41.3. The van der Waals surface area contributed by atoms with Gasteiger partial charge < -0.3 is 4.90 Å². The first-order chi connectivity index (χ1) is 24.5. The largest absolute Gasteiger partial charge is 0.308 e. The topological polar surface area (TPSA) is 29.0 Å². The Hall–Kier alpha value is -5.02. The number of rotatable bonds is 4. The van der Waals surface area contributed by atoms with Crippen LogP contribution in [0.15, 0.2) is 128 Å². The third-order valence-electron chi connectivity index (χ3n) is 13.6. The molecule has 6 aliphatic rings. The molecule has 0 radical (unpaired) electrons. The average molecular weight is 648 g/mol. The highest BCUT2D eigenvalue weighted by Crippen LogP contribution is 2.69. The third kappa shape index (κ3) is 3.76. The minimum atomic E-state index is -0.0833. The lowest BCUT2D eigenvalue weighted by Gasteiger charge is -2.61. The zero-order valence-corrected chi connectivity index (χ0v) is 28.8. The summed E-state index contributed by atoms with van der Waals surface area (Å²) in [5.74, 6) is 3.27. The van der Waals surface area contributed by atoms with Crippen LogP contribution in [0.2, 0.25) is 0 Å². The number of hydrogen-bond donors (Lipinski definition) is 0. The van der Waals surface area contributed by atoms with Gasteiger partial charge in [-0.15, -0.1) is 0 Å². The van der Waals surface area contributed by atoms with Crippen LogP contribution in [0.5, 0.6) is 0 Å². The summed E-state index contributed by atoms with van der Waals surface area (Å²) in [4.78, 5) is 11.9. The molecule has 0 aliphatic heterocycles. The number of fused-ring (bicyclic) bond motifs is 6. The zero-order valence-electron chi connectivity index (χ0n) is 28.8. The molecular weight excluding hydrogens is 607 g/mol. The van der Waals surface area contributed by atoms with Gasteiger partial charge in [0.05, 0.1) is 23.3 Å². The predicted molar refractivity (Wildman–Crippen MR) is 203 cm³/mol. The van der Waals surface area contributed by atoms with E-state index >= 15 is 0 Å². The molecule has 0 saturated heterocycles. The highest BCUT2D eigenvalue weighted by atomic mass is 15.2. The van der Waals surface area contributed by atoms with Gasteiger partial charge >= 0.3 is 0 Å². The van der Waals surface area contributed by atoms with Crippen molar-refractivity contribution in [2.24, 2.45) is 23.7 Å². The van der Waals surface area contributed by atoms with Crippen molar-refractivity contribution in [3.05, 3.63) is 150 Å². The van der Waals surface area contributed by atoms with Crippen LogP contribution in [0.25, 0.3) is 33.5 Å². The summed E-state index contributed by atoms with van der Waals surface area (Å²) >= 11 is 0. The highest BCUT2D eigenvalue weighted by Gasteiger charge is 2.61. The monoisotopic (exact) mass is 647 g/mol. The molecule has 4 aromatic carbocycles. The molecule has 3 nitrogen and oxygen atoms in total. The van der Waals surface area contributed by atoms with Gasteiger partial charge in [0.25, 0.3) is 0 Å². The van der Waals surface area contributed by atoms with E-state index in [1.807, 2.05) is 18.5 Å². The Morgan fingerprint density at radius 1 is 0.580 bits per heavy atom. The maximum Gasteiger partial charge on any atom is 0.0719 e. The van der Waals surface area contributed by atoms with E-state index in [0.29, 0.717) is 0 Å². The van der Waals surface area contributed by atoms with Crippen LogP contribution in [0.4, 0.5) is 17.1 Å². The zero-order chi connectivity index (χ0) is 33.2. The second kappa shape index (κ2) is 10.3. The molecule has 4 saturated carbocycles. The van der Waals surface area contributed by atoms with Crippen molar-refractivity contribution in [1.29, 1.82) is 0 Å². The maximum absolute atomic E-state index is 5.05. The van der Waals surface area contributed by atoms with Crippen LogP contribution < -0.4 is 4.90 Å². The van der Waals surface area contributed by atoms with E-state index in [1.165, 1.54) is 76.9 Å². The van der Waals surface area contributed by atoms with Gasteiger partial charge in [0, 0.05) is 40.0 Å². The fourth-order valence-corrected chi connectivity index (χ4v) is 11.8. The molecule has 1 spiro atoms. The number of hydrogen-bond acceptors (Lipinski definition) is 3. The summed E-state index contributed by atoms with van der Waals surface area (Å²) in [5.41, 5.74) is 17.0. The second-order valence-corrected chi connectivity index (χ2v) is 16.3. The van der Waals surface area contributed by atoms with E-state index in [-0.39, 0.29) is 10.8 Å². The Kier molecular flexibility index (Phi) is 5.91. The quantitative estimate of drug-likeness (QED) is 0.191. The third-order valence-corrected chi connectivity index (χ3v) is 13.6.